The van der Waals surface area contributed by atoms with Crippen LogP contribution in [0.4, 0.5) is 24.5 Å². The van der Waals surface area contributed by atoms with Crippen molar-refractivity contribution in [3.63, 3.8) is 0 Å². The van der Waals surface area contributed by atoms with Crippen LogP contribution < -0.4 is 9.62 Å². The third kappa shape index (κ3) is 5.70. The Hall–Kier alpha value is -3.84. The second kappa shape index (κ2) is 9.34. The second-order valence-corrected chi connectivity index (χ2v) is 8.97. The van der Waals surface area contributed by atoms with E-state index >= 15 is 0 Å². The van der Waals surface area contributed by atoms with Gasteiger partial charge in [-0.15, -0.1) is 0 Å². The molecule has 0 saturated carbocycles. The zero-order chi connectivity index (χ0) is 24.2. The molecule has 0 heterocycles. The van der Waals surface area contributed by atoms with Crippen molar-refractivity contribution in [2.24, 2.45) is 0 Å². The number of nitrogens with one attached hydrogen (secondary N) is 1. The van der Waals surface area contributed by atoms with E-state index in [1.165, 1.54) is 36.4 Å². The summed E-state index contributed by atoms with van der Waals surface area (Å²) in [6, 6.07) is 17.3. The van der Waals surface area contributed by atoms with Crippen LogP contribution in [-0.4, -0.2) is 20.9 Å². The Morgan fingerprint density at radius 1 is 0.970 bits per heavy atom. The van der Waals surface area contributed by atoms with Crippen LogP contribution in [0.5, 0.6) is 0 Å². The van der Waals surface area contributed by atoms with Gasteiger partial charge >= 0.3 is 6.18 Å². The molecule has 1 N–H and O–H groups in total. The predicted octanol–water partition coefficient (Wildman–Crippen LogP) is 4.72. The summed E-state index contributed by atoms with van der Waals surface area (Å²) in [6.07, 6.45) is -4.59. The molecule has 10 heteroatoms. The number of hydrogen-bond donors (Lipinski definition) is 1. The first kappa shape index (κ1) is 23.8. The van der Waals surface area contributed by atoms with E-state index in [9.17, 15) is 26.4 Å². The Labute approximate surface area is 188 Å². The summed E-state index contributed by atoms with van der Waals surface area (Å²) in [6.45, 7) is 1.09. The van der Waals surface area contributed by atoms with Gasteiger partial charge in [0.25, 0.3) is 10.0 Å². The number of alkyl halides is 3. The van der Waals surface area contributed by atoms with Gasteiger partial charge in [-0.1, -0.05) is 17.7 Å². The van der Waals surface area contributed by atoms with Gasteiger partial charge in [0.15, 0.2) is 0 Å². The maximum absolute atomic E-state index is 13.3. The summed E-state index contributed by atoms with van der Waals surface area (Å²) in [5, 5.41) is 11.4. The molecular formula is C23H18F3N3O3S. The SMILES string of the molecule is Cc1ccc(S(=O)(=O)N(CC(=O)Nc2ccc(C#N)cc2)c2ccc(C(F)(F)F)cc2)cc1. The fourth-order valence-electron chi connectivity index (χ4n) is 2.93. The highest BCUT2D eigenvalue weighted by Gasteiger charge is 2.32. The van der Waals surface area contributed by atoms with Crippen LogP contribution in [-0.2, 0) is 21.0 Å². The third-order valence-corrected chi connectivity index (χ3v) is 6.46. The van der Waals surface area contributed by atoms with Crippen molar-refractivity contribution in [2.45, 2.75) is 18.0 Å². The number of nitrogens with zero attached hydrogens (tertiary/aromatic N) is 2. The molecule has 0 aliphatic rings. The number of hydrogen-bond acceptors (Lipinski definition) is 4. The summed E-state index contributed by atoms with van der Waals surface area (Å²) in [4.78, 5) is 12.5. The Kier molecular flexibility index (Phi) is 6.74. The molecule has 1 amide bonds. The number of aryl methyl sites for hydroxylation is 1. The summed E-state index contributed by atoms with van der Waals surface area (Å²) in [5.74, 6) is -0.713. The van der Waals surface area contributed by atoms with Gasteiger partial charge in [0.2, 0.25) is 5.91 Å². The number of benzene rings is 3. The molecule has 0 radical (unpaired) electrons. The molecule has 0 aliphatic carbocycles. The molecule has 0 spiro atoms. The molecular weight excluding hydrogens is 455 g/mol. The smallest absolute Gasteiger partial charge is 0.325 e. The van der Waals surface area contributed by atoms with Gasteiger partial charge in [-0.05, 0) is 67.6 Å². The largest absolute Gasteiger partial charge is 0.416 e. The number of carbonyl (C=O) groups excluding carboxylic acids is 1. The molecule has 170 valence electrons. The lowest BCUT2D eigenvalue weighted by molar-refractivity contribution is -0.137. The minimum Gasteiger partial charge on any atom is -0.325 e. The normalized spacial score (nSPS) is 11.5. The van der Waals surface area contributed by atoms with Crippen LogP contribution in [0.3, 0.4) is 0 Å². The highest BCUT2D eigenvalue weighted by Crippen LogP contribution is 2.32. The van der Waals surface area contributed by atoms with Crippen LogP contribution in [0.15, 0.2) is 77.7 Å². The zero-order valence-corrected chi connectivity index (χ0v) is 18.1. The summed E-state index contributed by atoms with van der Waals surface area (Å²) in [5.41, 5.74) is 0.480. The van der Waals surface area contributed by atoms with Gasteiger partial charge in [-0.2, -0.15) is 18.4 Å². The van der Waals surface area contributed by atoms with Crippen LogP contribution in [0.2, 0.25) is 0 Å². The van der Waals surface area contributed by atoms with Crippen molar-refractivity contribution in [1.29, 1.82) is 5.26 Å². The molecule has 0 aromatic heterocycles. The number of rotatable bonds is 6. The minimum absolute atomic E-state index is 0.0986. The van der Waals surface area contributed by atoms with Crippen LogP contribution in [0, 0.1) is 18.3 Å². The molecule has 3 rings (SSSR count). The first-order valence-electron chi connectivity index (χ1n) is 9.57. The second-order valence-electron chi connectivity index (χ2n) is 7.11. The minimum atomic E-state index is -4.59. The fourth-order valence-corrected chi connectivity index (χ4v) is 4.35. The lowest BCUT2D eigenvalue weighted by atomic mass is 10.2. The maximum atomic E-state index is 13.3. The van der Waals surface area contributed by atoms with Crippen molar-refractivity contribution in [1.82, 2.24) is 0 Å². The Morgan fingerprint density at radius 2 is 1.55 bits per heavy atom. The van der Waals surface area contributed by atoms with Crippen LogP contribution >= 0.6 is 0 Å². The standard InChI is InChI=1S/C23H18F3N3O3S/c1-16-2-12-21(13-3-16)33(31,32)29(20-10-6-18(7-11-20)23(24,25)26)15-22(30)28-19-8-4-17(14-27)5-9-19/h2-13H,15H2,1H3,(H,28,30). The summed E-state index contributed by atoms with van der Waals surface area (Å²) < 4.78 is 66.2. The van der Waals surface area contributed by atoms with E-state index in [1.807, 2.05) is 6.07 Å². The topological polar surface area (TPSA) is 90.3 Å². The molecule has 0 saturated heterocycles. The van der Waals surface area contributed by atoms with Crippen molar-refractivity contribution in [2.75, 3.05) is 16.2 Å². The van der Waals surface area contributed by atoms with Crippen molar-refractivity contribution in [3.8, 4) is 6.07 Å². The molecule has 6 nitrogen and oxygen atoms in total. The lowest BCUT2D eigenvalue weighted by Gasteiger charge is -2.24. The van der Waals surface area contributed by atoms with E-state index in [-0.39, 0.29) is 10.6 Å². The molecule has 0 atom stereocenters. The number of carbonyl (C=O) groups is 1. The Balaban J connectivity index is 1.94. The monoisotopic (exact) mass is 473 g/mol. The zero-order valence-electron chi connectivity index (χ0n) is 17.3. The van der Waals surface area contributed by atoms with Gasteiger partial charge in [0.05, 0.1) is 27.8 Å². The Bertz CT molecular complexity index is 1280. The quantitative estimate of drug-likeness (QED) is 0.561. The van der Waals surface area contributed by atoms with Crippen LogP contribution in [0.25, 0.3) is 0 Å². The number of amides is 1. The first-order valence-corrected chi connectivity index (χ1v) is 11.0. The average molecular weight is 473 g/mol. The lowest BCUT2D eigenvalue weighted by Crippen LogP contribution is -2.38. The molecule has 3 aromatic rings. The van der Waals surface area contributed by atoms with Gasteiger partial charge in [-0.3, -0.25) is 9.10 Å². The number of nitriles is 1. The van der Waals surface area contributed by atoms with Crippen LogP contribution in [0.1, 0.15) is 16.7 Å². The summed E-state index contributed by atoms with van der Waals surface area (Å²) in [7, 11) is -4.27. The van der Waals surface area contributed by atoms with E-state index in [4.69, 9.17) is 5.26 Å². The molecule has 0 fully saturated rings. The maximum Gasteiger partial charge on any atom is 0.416 e. The highest BCUT2D eigenvalue weighted by atomic mass is 32.2. The predicted molar refractivity (Wildman–Crippen MR) is 117 cm³/mol. The Morgan fingerprint density at radius 3 is 2.06 bits per heavy atom. The van der Waals surface area contributed by atoms with Crippen molar-refractivity contribution < 1.29 is 26.4 Å². The molecule has 0 bridgehead atoms. The molecule has 0 unspecified atom stereocenters. The first-order chi connectivity index (χ1) is 15.5. The number of halogens is 3. The van der Waals surface area contributed by atoms with Crippen molar-refractivity contribution in [3.05, 3.63) is 89.5 Å². The van der Waals surface area contributed by atoms with Crippen molar-refractivity contribution >= 4 is 27.3 Å². The van der Waals surface area contributed by atoms with E-state index in [1.54, 1.807) is 19.1 Å². The van der Waals surface area contributed by atoms with Gasteiger partial charge in [0.1, 0.15) is 6.54 Å². The number of anilines is 2. The van der Waals surface area contributed by atoms with E-state index in [0.717, 1.165) is 34.1 Å². The summed E-state index contributed by atoms with van der Waals surface area (Å²) >= 11 is 0. The van der Waals surface area contributed by atoms with E-state index in [2.05, 4.69) is 5.32 Å². The highest BCUT2D eigenvalue weighted by molar-refractivity contribution is 7.92. The van der Waals surface area contributed by atoms with Gasteiger partial charge in [-0.25, -0.2) is 8.42 Å². The van der Waals surface area contributed by atoms with E-state index < -0.39 is 34.2 Å². The third-order valence-electron chi connectivity index (χ3n) is 4.68. The average Bonchev–Trinajstić information content (AvgIpc) is 2.78. The van der Waals surface area contributed by atoms with Gasteiger partial charge in [0, 0.05) is 5.69 Å². The molecule has 0 aliphatic heterocycles. The van der Waals surface area contributed by atoms with Gasteiger partial charge < -0.3 is 5.32 Å². The molecule has 33 heavy (non-hydrogen) atoms. The fraction of sp³-hybridized carbons (Fsp3) is 0.130. The number of sulfonamides is 1. The molecule has 3 aromatic carbocycles. The van der Waals surface area contributed by atoms with E-state index in [0.29, 0.717) is 11.3 Å².